The van der Waals surface area contributed by atoms with Crippen molar-refractivity contribution < 1.29 is 26.4 Å². The Morgan fingerprint density at radius 3 is 2.58 bits per heavy atom. The minimum Gasteiger partial charge on any atom is -0.337 e. The fraction of sp³-hybridized carbons (Fsp3) is 0.429. The number of nitrogens with zero attached hydrogens (tertiary/aromatic N) is 1. The molecule has 0 fully saturated rings. The summed E-state index contributed by atoms with van der Waals surface area (Å²) in [6, 6.07) is 1.00. The van der Waals surface area contributed by atoms with Gasteiger partial charge < -0.3 is 4.90 Å². The molecule has 0 saturated heterocycles. The quantitative estimate of drug-likeness (QED) is 0.819. The average Bonchev–Trinajstić information content (AvgIpc) is 2.89. The van der Waals surface area contributed by atoms with Gasteiger partial charge in [0.15, 0.2) is 9.84 Å². The van der Waals surface area contributed by atoms with Crippen molar-refractivity contribution in [3.63, 3.8) is 0 Å². The third-order valence-corrected chi connectivity index (χ3v) is 6.62. The SMILES string of the molecule is C/C=C(\C(=N)c1cc2c(s1)C(=O)N(CC)CCS2(=O)=O)C(F)(F)F. The van der Waals surface area contributed by atoms with E-state index in [-0.39, 0.29) is 26.9 Å². The van der Waals surface area contributed by atoms with E-state index < -0.39 is 33.2 Å². The number of halogens is 3. The molecule has 132 valence electrons. The first-order chi connectivity index (χ1) is 11.0. The van der Waals surface area contributed by atoms with Crippen LogP contribution in [0.15, 0.2) is 22.6 Å². The molecule has 10 heteroatoms. The summed E-state index contributed by atoms with van der Waals surface area (Å²) in [6.07, 6.45) is -3.98. The number of carbonyl (C=O) groups excluding carboxylic acids is 1. The number of fused-ring (bicyclic) bond motifs is 1. The average molecular weight is 380 g/mol. The van der Waals surface area contributed by atoms with Gasteiger partial charge >= 0.3 is 6.18 Å². The Labute approximate surface area is 141 Å². The van der Waals surface area contributed by atoms with Gasteiger partial charge in [0, 0.05) is 13.1 Å². The van der Waals surface area contributed by atoms with Gasteiger partial charge in [-0.15, -0.1) is 11.3 Å². The Bertz CT molecular complexity index is 823. The van der Waals surface area contributed by atoms with Crippen LogP contribution in [-0.2, 0) is 9.84 Å². The lowest BCUT2D eigenvalue weighted by Crippen LogP contribution is -2.31. The van der Waals surface area contributed by atoms with Crippen LogP contribution in [0.1, 0.15) is 28.4 Å². The molecule has 0 radical (unpaired) electrons. The maximum absolute atomic E-state index is 13.0. The summed E-state index contributed by atoms with van der Waals surface area (Å²) in [5, 5.41) is 7.77. The van der Waals surface area contributed by atoms with Crippen molar-refractivity contribution in [2.24, 2.45) is 0 Å². The third kappa shape index (κ3) is 3.25. The predicted octanol–water partition coefficient (Wildman–Crippen LogP) is 2.87. The molecular weight excluding hydrogens is 365 g/mol. The molecule has 0 spiro atoms. The highest BCUT2D eigenvalue weighted by atomic mass is 32.2. The molecule has 0 aromatic carbocycles. The third-order valence-electron chi connectivity index (χ3n) is 3.64. The second kappa shape index (κ2) is 6.32. The van der Waals surface area contributed by atoms with Crippen LogP contribution in [0.25, 0.3) is 0 Å². The molecule has 0 unspecified atom stereocenters. The summed E-state index contributed by atoms with van der Waals surface area (Å²) in [4.78, 5) is 13.1. The molecule has 24 heavy (non-hydrogen) atoms. The number of hydrogen-bond acceptors (Lipinski definition) is 5. The molecule has 1 N–H and O–H groups in total. The zero-order chi connectivity index (χ0) is 18.3. The van der Waals surface area contributed by atoms with Crippen LogP contribution in [0.4, 0.5) is 13.2 Å². The Hall–Kier alpha value is -1.68. The summed E-state index contributed by atoms with van der Waals surface area (Å²) < 4.78 is 63.4. The molecule has 2 heterocycles. The van der Waals surface area contributed by atoms with Crippen LogP contribution in [0, 0.1) is 5.41 Å². The van der Waals surface area contributed by atoms with Gasteiger partial charge in [0.05, 0.1) is 26.8 Å². The molecule has 1 aromatic rings. The van der Waals surface area contributed by atoms with E-state index in [1.165, 1.54) is 4.90 Å². The first-order valence-electron chi connectivity index (χ1n) is 7.01. The Morgan fingerprint density at radius 1 is 1.46 bits per heavy atom. The van der Waals surface area contributed by atoms with E-state index in [1.54, 1.807) is 6.92 Å². The number of nitrogens with one attached hydrogen (secondary N) is 1. The molecule has 5 nitrogen and oxygen atoms in total. The van der Waals surface area contributed by atoms with Crippen LogP contribution in [0.3, 0.4) is 0 Å². The largest absolute Gasteiger partial charge is 0.418 e. The molecule has 0 saturated carbocycles. The van der Waals surface area contributed by atoms with E-state index in [4.69, 9.17) is 5.41 Å². The molecule has 1 amide bonds. The number of amides is 1. The van der Waals surface area contributed by atoms with Gasteiger partial charge in [0.1, 0.15) is 4.88 Å². The van der Waals surface area contributed by atoms with Gasteiger partial charge in [0.25, 0.3) is 5.91 Å². The van der Waals surface area contributed by atoms with Gasteiger partial charge in [-0.25, -0.2) is 8.42 Å². The summed E-state index contributed by atoms with van der Waals surface area (Å²) in [5.41, 5.74) is -2.01. The highest BCUT2D eigenvalue weighted by Crippen LogP contribution is 2.35. The second-order valence-electron chi connectivity index (χ2n) is 5.08. The van der Waals surface area contributed by atoms with Crippen molar-refractivity contribution in [2.75, 3.05) is 18.8 Å². The van der Waals surface area contributed by atoms with Gasteiger partial charge in [-0.3, -0.25) is 10.2 Å². The topological polar surface area (TPSA) is 78.3 Å². The van der Waals surface area contributed by atoms with Crippen molar-refractivity contribution in [1.82, 2.24) is 4.90 Å². The van der Waals surface area contributed by atoms with E-state index in [9.17, 15) is 26.4 Å². The number of rotatable bonds is 3. The number of allylic oxidation sites excluding steroid dienone is 2. The molecule has 2 rings (SSSR count). The Kier molecular flexibility index (Phi) is 4.91. The van der Waals surface area contributed by atoms with Crippen LogP contribution in [0.2, 0.25) is 0 Å². The van der Waals surface area contributed by atoms with Gasteiger partial charge in [-0.05, 0) is 19.9 Å². The second-order valence-corrected chi connectivity index (χ2v) is 8.21. The number of thiophene rings is 1. The van der Waals surface area contributed by atoms with Crippen molar-refractivity contribution in [3.8, 4) is 0 Å². The summed E-state index contributed by atoms with van der Waals surface area (Å²) in [5.74, 6) is -0.828. The van der Waals surface area contributed by atoms with Crippen molar-refractivity contribution in [2.45, 2.75) is 24.9 Å². The fourth-order valence-electron chi connectivity index (χ4n) is 2.35. The van der Waals surface area contributed by atoms with Crippen LogP contribution >= 0.6 is 11.3 Å². The summed E-state index contributed by atoms with van der Waals surface area (Å²) in [6.45, 7) is 3.17. The Balaban J connectivity index is 2.58. The number of alkyl halides is 3. The highest BCUT2D eigenvalue weighted by molar-refractivity contribution is 7.91. The van der Waals surface area contributed by atoms with E-state index in [2.05, 4.69) is 0 Å². The lowest BCUT2D eigenvalue weighted by Gasteiger charge is -2.17. The van der Waals surface area contributed by atoms with Gasteiger partial charge in [0.2, 0.25) is 0 Å². The van der Waals surface area contributed by atoms with Gasteiger partial charge in [-0.2, -0.15) is 13.2 Å². The van der Waals surface area contributed by atoms with Crippen molar-refractivity contribution in [1.29, 1.82) is 5.41 Å². The van der Waals surface area contributed by atoms with Crippen molar-refractivity contribution in [3.05, 3.63) is 27.5 Å². The van der Waals surface area contributed by atoms with Crippen LogP contribution < -0.4 is 0 Å². The smallest absolute Gasteiger partial charge is 0.337 e. The lowest BCUT2D eigenvalue weighted by atomic mass is 10.1. The zero-order valence-corrected chi connectivity index (χ0v) is 14.5. The summed E-state index contributed by atoms with van der Waals surface area (Å²) >= 11 is 0.610. The van der Waals surface area contributed by atoms with Crippen molar-refractivity contribution >= 4 is 32.8 Å². The summed E-state index contributed by atoms with van der Waals surface area (Å²) in [7, 11) is -3.78. The van der Waals surface area contributed by atoms with Crippen LogP contribution in [0.5, 0.6) is 0 Å². The first kappa shape index (κ1) is 18.7. The van der Waals surface area contributed by atoms with E-state index in [0.29, 0.717) is 17.9 Å². The van der Waals surface area contributed by atoms with Crippen LogP contribution in [-0.4, -0.2) is 50.0 Å². The molecule has 1 aromatic heterocycles. The number of hydrogen-bond donors (Lipinski definition) is 1. The maximum atomic E-state index is 13.0. The Morgan fingerprint density at radius 2 is 2.08 bits per heavy atom. The molecule has 0 bridgehead atoms. The molecule has 1 aliphatic rings. The molecule has 0 atom stereocenters. The minimum absolute atomic E-state index is 0.0362. The highest BCUT2D eigenvalue weighted by Gasteiger charge is 2.39. The van der Waals surface area contributed by atoms with E-state index >= 15 is 0 Å². The number of carbonyl (C=O) groups is 1. The lowest BCUT2D eigenvalue weighted by molar-refractivity contribution is -0.0861. The van der Waals surface area contributed by atoms with E-state index in [1.807, 2.05) is 0 Å². The maximum Gasteiger partial charge on any atom is 0.418 e. The molecule has 0 aliphatic carbocycles. The van der Waals surface area contributed by atoms with Gasteiger partial charge in [-0.1, -0.05) is 6.08 Å². The predicted molar refractivity (Wildman–Crippen MR) is 84.6 cm³/mol. The minimum atomic E-state index is -4.73. The molecular formula is C14H15F3N2O3S2. The zero-order valence-electron chi connectivity index (χ0n) is 12.9. The first-order valence-corrected chi connectivity index (χ1v) is 9.48. The normalized spacial score (nSPS) is 18.3. The molecule has 1 aliphatic heterocycles. The fourth-order valence-corrected chi connectivity index (χ4v) is 5.26. The number of sulfone groups is 1. The standard InChI is InChI=1S/C14H15F3N2O3S2/c1-3-8(14(15,16)17)11(18)9-7-10-12(23-9)13(20)19(4-2)5-6-24(10,21)22/h3,7,18H,4-6H2,1-2H3/b8-3+,18-11?. The monoisotopic (exact) mass is 380 g/mol. The van der Waals surface area contributed by atoms with E-state index in [0.717, 1.165) is 19.1 Å².